The normalized spacial score (nSPS) is 19.3. The summed E-state index contributed by atoms with van der Waals surface area (Å²) in [5.74, 6) is -0.174. The second-order valence-electron chi connectivity index (χ2n) is 9.88. The van der Waals surface area contributed by atoms with Crippen LogP contribution < -0.4 is 10.2 Å². The molecule has 2 aliphatic rings. The molecule has 0 atom stereocenters. The number of ketones is 1. The van der Waals surface area contributed by atoms with E-state index in [1.54, 1.807) is 24.3 Å². The lowest BCUT2D eigenvalue weighted by molar-refractivity contribution is -0.126. The summed E-state index contributed by atoms with van der Waals surface area (Å²) >= 11 is 0. The molecule has 6 heteroatoms. The van der Waals surface area contributed by atoms with E-state index < -0.39 is 0 Å². The van der Waals surface area contributed by atoms with Gasteiger partial charge in [0.15, 0.2) is 5.78 Å². The summed E-state index contributed by atoms with van der Waals surface area (Å²) in [4.78, 5) is 29.7. The highest BCUT2D eigenvalue weighted by Gasteiger charge is 2.38. The summed E-state index contributed by atoms with van der Waals surface area (Å²) in [7, 11) is 2.02. The SMILES string of the molecule is CN1C(=CC(=O)CN2CCC(C(=O)NCCc3ccccc3F)CC2)C(C)(C)c2ccccc21. The molecule has 34 heavy (non-hydrogen) atoms. The summed E-state index contributed by atoms with van der Waals surface area (Å²) in [6.45, 7) is 6.55. The summed E-state index contributed by atoms with van der Waals surface area (Å²) in [6, 6.07) is 14.9. The van der Waals surface area contributed by atoms with E-state index in [9.17, 15) is 14.0 Å². The maximum absolute atomic E-state index is 13.7. The van der Waals surface area contributed by atoms with E-state index in [0.717, 1.165) is 37.3 Å². The number of rotatable bonds is 7. The minimum absolute atomic E-state index is 0.0246. The molecule has 0 spiro atoms. The van der Waals surface area contributed by atoms with Crippen LogP contribution in [0.15, 0.2) is 60.3 Å². The summed E-state index contributed by atoms with van der Waals surface area (Å²) in [5, 5.41) is 2.95. The number of carbonyl (C=O) groups excluding carboxylic acids is 2. The Morgan fingerprint density at radius 2 is 1.76 bits per heavy atom. The number of halogens is 1. The highest BCUT2D eigenvalue weighted by molar-refractivity contribution is 5.94. The van der Waals surface area contributed by atoms with E-state index in [-0.39, 0.29) is 28.8 Å². The molecule has 0 saturated carbocycles. The molecular weight excluding hydrogens is 429 g/mol. The second-order valence-corrected chi connectivity index (χ2v) is 9.88. The van der Waals surface area contributed by atoms with Crippen molar-refractivity contribution in [3.8, 4) is 0 Å². The van der Waals surface area contributed by atoms with Crippen molar-refractivity contribution < 1.29 is 14.0 Å². The van der Waals surface area contributed by atoms with Gasteiger partial charge in [-0.2, -0.15) is 0 Å². The van der Waals surface area contributed by atoms with Gasteiger partial charge >= 0.3 is 0 Å². The van der Waals surface area contributed by atoms with Crippen molar-refractivity contribution in [2.75, 3.05) is 38.1 Å². The van der Waals surface area contributed by atoms with Gasteiger partial charge < -0.3 is 10.2 Å². The topological polar surface area (TPSA) is 52.7 Å². The van der Waals surface area contributed by atoms with Crippen molar-refractivity contribution in [2.45, 2.75) is 38.5 Å². The van der Waals surface area contributed by atoms with Crippen LogP contribution in [0.25, 0.3) is 0 Å². The maximum Gasteiger partial charge on any atom is 0.223 e. The van der Waals surface area contributed by atoms with Gasteiger partial charge in [-0.15, -0.1) is 0 Å². The van der Waals surface area contributed by atoms with Crippen LogP contribution in [0.2, 0.25) is 0 Å². The van der Waals surface area contributed by atoms with Crippen LogP contribution in [0.5, 0.6) is 0 Å². The molecule has 2 aliphatic heterocycles. The van der Waals surface area contributed by atoms with Crippen LogP contribution >= 0.6 is 0 Å². The Morgan fingerprint density at radius 3 is 2.47 bits per heavy atom. The number of fused-ring (bicyclic) bond motifs is 1. The van der Waals surface area contributed by atoms with Crippen molar-refractivity contribution in [3.05, 3.63) is 77.2 Å². The highest BCUT2D eigenvalue weighted by atomic mass is 19.1. The number of nitrogens with zero attached hydrogens (tertiary/aromatic N) is 2. The van der Waals surface area contributed by atoms with E-state index >= 15 is 0 Å². The molecule has 0 unspecified atom stereocenters. The van der Waals surface area contributed by atoms with Crippen LogP contribution in [0.3, 0.4) is 0 Å². The second kappa shape index (κ2) is 10.1. The van der Waals surface area contributed by atoms with Crippen LogP contribution in [0, 0.1) is 11.7 Å². The predicted octanol–water partition coefficient (Wildman–Crippen LogP) is 4.08. The number of amides is 1. The van der Waals surface area contributed by atoms with Gasteiger partial charge in [-0.05, 0) is 55.6 Å². The zero-order valence-electron chi connectivity index (χ0n) is 20.3. The van der Waals surface area contributed by atoms with Gasteiger partial charge in [0.1, 0.15) is 5.82 Å². The van der Waals surface area contributed by atoms with Crippen LogP contribution in [0.1, 0.15) is 37.8 Å². The summed E-state index contributed by atoms with van der Waals surface area (Å²) < 4.78 is 13.7. The zero-order chi connectivity index (χ0) is 24.3. The first-order chi connectivity index (χ1) is 16.3. The monoisotopic (exact) mass is 463 g/mol. The van der Waals surface area contributed by atoms with Gasteiger partial charge in [0.2, 0.25) is 5.91 Å². The fraction of sp³-hybridized carbons (Fsp3) is 0.429. The number of allylic oxidation sites excluding steroid dienone is 1. The molecule has 2 aromatic carbocycles. The lowest BCUT2D eigenvalue weighted by atomic mass is 9.83. The molecule has 180 valence electrons. The molecule has 1 saturated heterocycles. The highest BCUT2D eigenvalue weighted by Crippen LogP contribution is 2.46. The number of piperidine rings is 1. The Morgan fingerprint density at radius 1 is 1.09 bits per heavy atom. The zero-order valence-corrected chi connectivity index (χ0v) is 20.3. The van der Waals surface area contributed by atoms with Crippen molar-refractivity contribution in [1.82, 2.24) is 10.2 Å². The standard InChI is InChI=1S/C28H34FN3O2/c1-28(2)23-9-5-7-11-25(23)31(3)26(28)18-22(33)19-32-16-13-21(14-17-32)27(34)30-15-12-20-8-4-6-10-24(20)29/h4-11,18,21H,12-17,19H2,1-3H3,(H,30,34). The van der Waals surface area contributed by atoms with Gasteiger partial charge in [-0.3, -0.25) is 14.5 Å². The number of anilines is 1. The number of para-hydroxylation sites is 1. The fourth-order valence-corrected chi connectivity index (χ4v) is 5.20. The van der Waals surface area contributed by atoms with Gasteiger partial charge in [0.25, 0.3) is 0 Å². The first-order valence-electron chi connectivity index (χ1n) is 12.1. The minimum atomic E-state index is -0.235. The Hall–Kier alpha value is -2.99. The average molecular weight is 464 g/mol. The average Bonchev–Trinajstić information content (AvgIpc) is 3.01. The largest absolute Gasteiger partial charge is 0.356 e. The first-order valence-corrected chi connectivity index (χ1v) is 12.1. The molecule has 1 N–H and O–H groups in total. The summed E-state index contributed by atoms with van der Waals surface area (Å²) in [5.41, 5.74) is 3.80. The molecular formula is C28H34FN3O2. The van der Waals surface area contributed by atoms with Crippen molar-refractivity contribution in [1.29, 1.82) is 0 Å². The Bertz CT molecular complexity index is 1090. The number of likely N-dealkylation sites (tertiary alicyclic amines) is 1. The first kappa shape index (κ1) is 24.1. The quantitative estimate of drug-likeness (QED) is 0.629. The van der Waals surface area contributed by atoms with Gasteiger partial charge in [-0.25, -0.2) is 4.39 Å². The Kier molecular flexibility index (Phi) is 7.17. The van der Waals surface area contributed by atoms with Crippen LogP contribution in [-0.2, 0) is 21.4 Å². The van der Waals surface area contributed by atoms with Crippen molar-refractivity contribution >= 4 is 17.4 Å². The molecule has 0 radical (unpaired) electrons. The number of hydrogen-bond donors (Lipinski definition) is 1. The molecule has 0 aromatic heterocycles. The number of benzene rings is 2. The van der Waals surface area contributed by atoms with Crippen LogP contribution in [0.4, 0.5) is 10.1 Å². The Balaban J connectivity index is 1.25. The molecule has 0 bridgehead atoms. The molecule has 2 aromatic rings. The molecule has 0 aliphatic carbocycles. The molecule has 1 amide bonds. The van der Waals surface area contributed by atoms with E-state index in [0.29, 0.717) is 25.1 Å². The van der Waals surface area contributed by atoms with Gasteiger partial charge in [0, 0.05) is 42.4 Å². The molecule has 1 fully saturated rings. The minimum Gasteiger partial charge on any atom is -0.356 e. The fourth-order valence-electron chi connectivity index (χ4n) is 5.20. The van der Waals surface area contributed by atoms with E-state index in [1.165, 1.54) is 11.6 Å². The molecule has 4 rings (SSSR count). The number of nitrogens with one attached hydrogen (secondary N) is 1. The van der Waals surface area contributed by atoms with E-state index in [2.05, 4.69) is 41.1 Å². The van der Waals surface area contributed by atoms with Gasteiger partial charge in [0.05, 0.1) is 6.54 Å². The van der Waals surface area contributed by atoms with Gasteiger partial charge in [-0.1, -0.05) is 50.2 Å². The van der Waals surface area contributed by atoms with Crippen molar-refractivity contribution in [3.63, 3.8) is 0 Å². The lowest BCUT2D eigenvalue weighted by Gasteiger charge is -2.31. The number of likely N-dealkylation sites (N-methyl/N-ethyl adjacent to an activating group) is 1. The third-order valence-electron chi connectivity index (χ3n) is 7.23. The van der Waals surface area contributed by atoms with Crippen LogP contribution in [-0.4, -0.2) is 49.8 Å². The summed E-state index contributed by atoms with van der Waals surface area (Å²) in [6.07, 6.45) is 3.73. The van der Waals surface area contributed by atoms with E-state index in [1.807, 2.05) is 19.2 Å². The Labute approximate surface area is 201 Å². The number of carbonyl (C=O) groups is 2. The molecule has 2 heterocycles. The van der Waals surface area contributed by atoms with Crippen molar-refractivity contribution in [2.24, 2.45) is 5.92 Å². The maximum atomic E-state index is 13.7. The third kappa shape index (κ3) is 5.07. The number of hydrogen-bond acceptors (Lipinski definition) is 4. The third-order valence-corrected chi connectivity index (χ3v) is 7.23. The predicted molar refractivity (Wildman–Crippen MR) is 133 cm³/mol. The van der Waals surface area contributed by atoms with E-state index in [4.69, 9.17) is 0 Å². The smallest absolute Gasteiger partial charge is 0.223 e. The lowest BCUT2D eigenvalue weighted by Crippen LogP contribution is -2.42. The molecule has 5 nitrogen and oxygen atoms in total.